The minimum Gasteiger partial charge on any atom is -0.504 e. The number of aliphatic hydroxyl groups is 1. The quantitative estimate of drug-likeness (QED) is 0.434. The normalized spacial score (nSPS) is 21.3. The van der Waals surface area contributed by atoms with Crippen molar-refractivity contribution in [1.29, 1.82) is 0 Å². The lowest BCUT2D eigenvalue weighted by Crippen LogP contribution is -2.38. The van der Waals surface area contributed by atoms with Crippen molar-refractivity contribution in [2.24, 2.45) is 0 Å². The number of fused-ring (bicyclic) bond motifs is 2. The maximum Gasteiger partial charge on any atom is 0.201 e. The predicted molar refractivity (Wildman–Crippen MR) is 92.7 cm³/mol. The highest BCUT2D eigenvalue weighted by Gasteiger charge is 2.40. The maximum atomic E-state index is 10.4. The van der Waals surface area contributed by atoms with Gasteiger partial charge in [-0.2, -0.15) is 0 Å². The summed E-state index contributed by atoms with van der Waals surface area (Å²) in [5, 5.41) is 41.0. The molecule has 2 unspecified atom stereocenters. The Labute approximate surface area is 145 Å². The van der Waals surface area contributed by atoms with Crippen LogP contribution in [-0.2, 0) is 6.42 Å². The van der Waals surface area contributed by atoms with Crippen LogP contribution in [-0.4, -0.2) is 45.3 Å². The number of halogens is 1. The standard InChI is InChI=1S/C17H17NO4.CH3Cl/c1-18-7-11(19)14-13-10(18)6-8-4-2-3-5-9(8)12(13)15(20)17(22)16(14)21;1-2/h2-5,10-11,19-22H,6-7H2,1H3;1H3. The number of hydrogen-bond acceptors (Lipinski definition) is 5. The number of hydrogen-bond donors (Lipinski definition) is 4. The highest BCUT2D eigenvalue weighted by atomic mass is 35.5. The fourth-order valence-electron chi connectivity index (χ4n) is 3.82. The lowest BCUT2D eigenvalue weighted by Gasteiger charge is -2.42. The molecule has 4 rings (SSSR count). The minimum absolute atomic E-state index is 0.0410. The fourth-order valence-corrected chi connectivity index (χ4v) is 3.82. The first-order valence-electron chi connectivity index (χ1n) is 7.65. The van der Waals surface area contributed by atoms with Crippen LogP contribution in [0.15, 0.2) is 24.3 Å². The Bertz CT molecular complexity index is 793. The van der Waals surface area contributed by atoms with Crippen LogP contribution < -0.4 is 0 Å². The first-order chi connectivity index (χ1) is 11.5. The van der Waals surface area contributed by atoms with Crippen LogP contribution in [0.1, 0.15) is 28.8 Å². The second-order valence-corrected chi connectivity index (χ2v) is 6.08. The molecule has 2 aromatic carbocycles. The second-order valence-electron chi connectivity index (χ2n) is 6.08. The van der Waals surface area contributed by atoms with Crippen LogP contribution in [0.2, 0.25) is 0 Å². The van der Waals surface area contributed by atoms with Crippen molar-refractivity contribution in [2.45, 2.75) is 18.6 Å². The van der Waals surface area contributed by atoms with E-state index >= 15 is 0 Å². The molecule has 128 valence electrons. The van der Waals surface area contributed by atoms with E-state index in [0.717, 1.165) is 17.5 Å². The van der Waals surface area contributed by atoms with Gasteiger partial charge in [0, 0.05) is 30.1 Å². The van der Waals surface area contributed by atoms with Crippen LogP contribution in [0.25, 0.3) is 11.1 Å². The van der Waals surface area contributed by atoms with E-state index in [0.29, 0.717) is 23.2 Å². The molecule has 0 saturated heterocycles. The molecule has 0 aromatic heterocycles. The van der Waals surface area contributed by atoms with Crippen molar-refractivity contribution in [2.75, 3.05) is 20.0 Å². The summed E-state index contributed by atoms with van der Waals surface area (Å²) >= 11 is 4.64. The highest BCUT2D eigenvalue weighted by Crippen LogP contribution is 2.57. The molecule has 1 aliphatic carbocycles. The van der Waals surface area contributed by atoms with Gasteiger partial charge >= 0.3 is 0 Å². The Balaban J connectivity index is 0.000000815. The van der Waals surface area contributed by atoms with Crippen molar-refractivity contribution in [3.8, 4) is 28.4 Å². The van der Waals surface area contributed by atoms with Gasteiger partial charge in [-0.25, -0.2) is 0 Å². The lowest BCUT2D eigenvalue weighted by molar-refractivity contribution is 0.0802. The number of phenolic OH excluding ortho intramolecular Hbond substituents is 3. The number of nitrogens with zero attached hydrogens (tertiary/aromatic N) is 1. The minimum atomic E-state index is -0.897. The summed E-state index contributed by atoms with van der Waals surface area (Å²) in [7, 11) is 1.91. The molecular formula is C18H20ClNO4. The first-order valence-corrected chi connectivity index (χ1v) is 8.41. The predicted octanol–water partition coefficient (Wildman–Crippen LogP) is 2.90. The first kappa shape index (κ1) is 16.9. The Morgan fingerprint density at radius 3 is 2.38 bits per heavy atom. The molecule has 2 aliphatic rings. The van der Waals surface area contributed by atoms with Gasteiger partial charge in [-0.05, 0) is 30.2 Å². The average molecular weight is 350 g/mol. The van der Waals surface area contributed by atoms with Crippen molar-refractivity contribution < 1.29 is 20.4 Å². The van der Waals surface area contributed by atoms with Gasteiger partial charge in [-0.3, -0.25) is 4.90 Å². The van der Waals surface area contributed by atoms with E-state index in [9.17, 15) is 20.4 Å². The van der Waals surface area contributed by atoms with Gasteiger partial charge in [-0.1, -0.05) is 24.3 Å². The molecule has 4 N–H and O–H groups in total. The zero-order valence-corrected chi connectivity index (χ0v) is 14.2. The fraction of sp³-hybridized carbons (Fsp3) is 0.333. The van der Waals surface area contributed by atoms with E-state index in [1.807, 2.05) is 36.2 Å². The lowest BCUT2D eigenvalue weighted by atomic mass is 9.75. The molecule has 5 nitrogen and oxygen atoms in total. The van der Waals surface area contributed by atoms with Gasteiger partial charge < -0.3 is 20.4 Å². The molecule has 2 aromatic rings. The van der Waals surface area contributed by atoms with Crippen molar-refractivity contribution in [3.63, 3.8) is 0 Å². The summed E-state index contributed by atoms with van der Waals surface area (Å²) in [5.41, 5.74) is 3.48. The number of phenols is 3. The molecule has 0 fully saturated rings. The molecule has 0 bridgehead atoms. The van der Waals surface area contributed by atoms with Crippen molar-refractivity contribution in [1.82, 2.24) is 4.90 Å². The summed E-state index contributed by atoms with van der Waals surface area (Å²) < 4.78 is 0. The van der Waals surface area contributed by atoms with E-state index in [1.54, 1.807) is 0 Å². The molecule has 0 radical (unpaired) electrons. The van der Waals surface area contributed by atoms with E-state index in [4.69, 9.17) is 0 Å². The molecule has 1 heterocycles. The summed E-state index contributed by atoms with van der Waals surface area (Å²) in [6.45, 7) is 0.372. The van der Waals surface area contributed by atoms with Crippen molar-refractivity contribution in [3.05, 3.63) is 41.0 Å². The number of likely N-dealkylation sites (N-methyl/N-ethyl adjacent to an activating group) is 1. The zero-order chi connectivity index (χ0) is 17.6. The van der Waals surface area contributed by atoms with Crippen LogP contribution in [0.3, 0.4) is 0 Å². The van der Waals surface area contributed by atoms with Crippen molar-refractivity contribution >= 4 is 11.6 Å². The zero-order valence-electron chi connectivity index (χ0n) is 13.5. The monoisotopic (exact) mass is 349 g/mol. The van der Waals surface area contributed by atoms with E-state index in [-0.39, 0.29) is 11.8 Å². The number of β-amino-alcohol motifs (C(OH)–C–C–N with tert-alkyl or cyclic N) is 1. The Hall–Kier alpha value is -1.95. The summed E-state index contributed by atoms with van der Waals surface area (Å²) in [6, 6.07) is 7.66. The second kappa shape index (κ2) is 6.16. The number of alkyl halides is 1. The highest BCUT2D eigenvalue weighted by molar-refractivity contribution is 6.15. The van der Waals surface area contributed by atoms with E-state index < -0.39 is 17.6 Å². The third-order valence-electron chi connectivity index (χ3n) is 4.86. The third kappa shape index (κ3) is 2.24. The molecule has 0 spiro atoms. The van der Waals surface area contributed by atoms with Crippen LogP contribution >= 0.6 is 11.6 Å². The SMILES string of the molecule is CCl.CN1CC(O)c2c(O)c(O)c(O)c3c2C1Cc1ccccc1-3. The van der Waals surface area contributed by atoms with Crippen LogP contribution in [0, 0.1) is 0 Å². The Morgan fingerprint density at radius 1 is 1.00 bits per heavy atom. The summed E-state index contributed by atoms with van der Waals surface area (Å²) in [5.74, 6) is -1.30. The van der Waals surface area contributed by atoms with Gasteiger partial charge in [0.15, 0.2) is 11.5 Å². The number of benzene rings is 2. The summed E-state index contributed by atoms with van der Waals surface area (Å²) in [4.78, 5) is 2.02. The molecule has 0 saturated carbocycles. The van der Waals surface area contributed by atoms with Gasteiger partial charge in [0.1, 0.15) is 0 Å². The number of rotatable bonds is 0. The maximum absolute atomic E-state index is 10.4. The summed E-state index contributed by atoms with van der Waals surface area (Å²) in [6.07, 6.45) is 1.31. The van der Waals surface area contributed by atoms with E-state index in [2.05, 4.69) is 11.6 Å². The van der Waals surface area contributed by atoms with Crippen LogP contribution in [0.4, 0.5) is 0 Å². The Kier molecular flexibility index (Phi) is 4.34. The molecule has 2 atom stereocenters. The average Bonchev–Trinajstić information content (AvgIpc) is 2.59. The molecule has 6 heteroatoms. The van der Waals surface area contributed by atoms with Gasteiger partial charge in [0.2, 0.25) is 5.75 Å². The molecular weight excluding hydrogens is 330 g/mol. The molecule has 24 heavy (non-hydrogen) atoms. The molecule has 0 amide bonds. The molecule has 1 aliphatic heterocycles. The van der Waals surface area contributed by atoms with Gasteiger partial charge in [-0.15, -0.1) is 11.6 Å². The topological polar surface area (TPSA) is 84.2 Å². The largest absolute Gasteiger partial charge is 0.504 e. The van der Waals surface area contributed by atoms with Gasteiger partial charge in [0.25, 0.3) is 0 Å². The van der Waals surface area contributed by atoms with Gasteiger partial charge in [0.05, 0.1) is 6.10 Å². The van der Waals surface area contributed by atoms with E-state index in [1.165, 1.54) is 6.38 Å². The number of aromatic hydroxyl groups is 3. The Morgan fingerprint density at radius 2 is 1.67 bits per heavy atom. The number of aliphatic hydroxyl groups excluding tert-OH is 1. The third-order valence-corrected chi connectivity index (χ3v) is 4.86. The van der Waals surface area contributed by atoms with Crippen LogP contribution in [0.5, 0.6) is 17.2 Å². The smallest absolute Gasteiger partial charge is 0.201 e.